The predicted octanol–water partition coefficient (Wildman–Crippen LogP) is 3.37. The molecule has 5 rings (SSSR count). The molecule has 0 spiro atoms. The maximum Gasteiger partial charge on any atom is 0.256 e. The normalized spacial score (nSPS) is 19.6. The minimum atomic E-state index is -0.515. The second kappa shape index (κ2) is 10.1. The number of carbonyl (C=O) groups is 2. The first-order chi connectivity index (χ1) is 17.1. The van der Waals surface area contributed by atoms with Crippen LogP contribution in [0.15, 0.2) is 66.9 Å². The summed E-state index contributed by atoms with van der Waals surface area (Å²) in [7, 11) is 0. The topological polar surface area (TPSA) is 87.7 Å². The van der Waals surface area contributed by atoms with Gasteiger partial charge in [0.05, 0.1) is 18.0 Å². The van der Waals surface area contributed by atoms with Crippen LogP contribution in [0.1, 0.15) is 23.2 Å². The van der Waals surface area contributed by atoms with Gasteiger partial charge >= 0.3 is 0 Å². The Morgan fingerprint density at radius 3 is 2.57 bits per heavy atom. The maximum absolute atomic E-state index is 13.9. The zero-order valence-electron chi connectivity index (χ0n) is 19.1. The lowest BCUT2D eigenvalue weighted by Crippen LogP contribution is -2.31. The van der Waals surface area contributed by atoms with Crippen molar-refractivity contribution in [3.8, 4) is 5.75 Å². The van der Waals surface area contributed by atoms with Crippen LogP contribution in [0.25, 0.3) is 0 Å². The maximum atomic E-state index is 13.9. The third kappa shape index (κ3) is 5.24. The van der Waals surface area contributed by atoms with E-state index in [9.17, 15) is 14.0 Å². The summed E-state index contributed by atoms with van der Waals surface area (Å²) in [5.74, 6) is 0.455. The Kier molecular flexibility index (Phi) is 6.56. The molecule has 2 amide bonds. The van der Waals surface area contributed by atoms with Gasteiger partial charge in [0.1, 0.15) is 17.7 Å². The van der Waals surface area contributed by atoms with Gasteiger partial charge in [-0.1, -0.05) is 12.1 Å². The summed E-state index contributed by atoms with van der Waals surface area (Å²) in [6, 6.07) is 17.0. The number of nitrogens with zero attached hydrogens (tertiary/aromatic N) is 4. The van der Waals surface area contributed by atoms with E-state index in [4.69, 9.17) is 4.74 Å². The highest BCUT2D eigenvalue weighted by molar-refractivity contribution is 5.95. The molecule has 0 saturated carbocycles. The molecule has 180 valence electrons. The molecule has 2 aliphatic rings. The molecule has 2 saturated heterocycles. The summed E-state index contributed by atoms with van der Waals surface area (Å²) >= 11 is 0. The summed E-state index contributed by atoms with van der Waals surface area (Å²) in [6.45, 7) is 2.28. The number of amides is 2. The van der Waals surface area contributed by atoms with E-state index < -0.39 is 5.82 Å². The summed E-state index contributed by atoms with van der Waals surface area (Å²) in [4.78, 5) is 29.0. The predicted molar refractivity (Wildman–Crippen MR) is 129 cm³/mol. The van der Waals surface area contributed by atoms with Gasteiger partial charge in [0.25, 0.3) is 5.91 Å². The largest absolute Gasteiger partial charge is 0.489 e. The zero-order chi connectivity index (χ0) is 24.2. The van der Waals surface area contributed by atoms with Crippen molar-refractivity contribution in [1.82, 2.24) is 15.1 Å². The number of ether oxygens (including phenoxy) is 1. The number of carbonyl (C=O) groups excluding carboxylic acids is 2. The van der Waals surface area contributed by atoms with Crippen LogP contribution < -0.4 is 15.0 Å². The summed E-state index contributed by atoms with van der Waals surface area (Å²) in [5, 5.41) is 11.0. The van der Waals surface area contributed by atoms with Crippen molar-refractivity contribution in [1.29, 1.82) is 0 Å². The van der Waals surface area contributed by atoms with Crippen molar-refractivity contribution < 1.29 is 18.7 Å². The van der Waals surface area contributed by atoms with Gasteiger partial charge in [-0.2, -0.15) is 5.10 Å². The van der Waals surface area contributed by atoms with Gasteiger partial charge in [-0.3, -0.25) is 9.59 Å². The lowest BCUT2D eigenvalue weighted by atomic mass is 10.1. The highest BCUT2D eigenvalue weighted by Crippen LogP contribution is 2.25. The number of hydrogen-bond donors (Lipinski definition) is 1. The number of rotatable bonds is 6. The Bertz CT molecular complexity index is 1190. The van der Waals surface area contributed by atoms with Crippen molar-refractivity contribution in [3.05, 3.63) is 78.2 Å². The third-order valence-corrected chi connectivity index (χ3v) is 6.40. The number of likely N-dealkylation sites (tertiary alicyclic amines) is 1. The SMILES string of the molecule is O=C(Nc1ccc(O[C@@H]2CCN(C(=O)c3ccccc3F)C2)cc1)C1CCN(c2cccnn2)C1. The van der Waals surface area contributed by atoms with Gasteiger partial charge < -0.3 is 19.9 Å². The van der Waals surface area contributed by atoms with Crippen molar-refractivity contribution in [2.45, 2.75) is 18.9 Å². The molecule has 2 aromatic carbocycles. The zero-order valence-corrected chi connectivity index (χ0v) is 19.1. The molecule has 8 nitrogen and oxygen atoms in total. The molecular formula is C26H26FN5O3. The monoisotopic (exact) mass is 475 g/mol. The first-order valence-corrected chi connectivity index (χ1v) is 11.7. The fourth-order valence-electron chi connectivity index (χ4n) is 4.51. The van der Waals surface area contributed by atoms with Gasteiger partial charge in [-0.25, -0.2) is 4.39 Å². The van der Waals surface area contributed by atoms with Crippen LogP contribution >= 0.6 is 0 Å². The number of benzene rings is 2. The average molecular weight is 476 g/mol. The van der Waals surface area contributed by atoms with Crippen LogP contribution in [0, 0.1) is 11.7 Å². The standard InChI is InChI=1S/C26H26FN5O3/c27-23-5-2-1-4-22(23)26(34)32-15-12-21(17-32)35-20-9-7-19(8-10-20)29-25(33)18-11-14-31(16-18)24-6-3-13-28-30-24/h1-10,13,18,21H,11-12,14-17H2,(H,29,33)/t18?,21-/m1/s1. The number of halogens is 1. The van der Waals surface area contributed by atoms with Gasteiger partial charge in [0, 0.05) is 37.9 Å². The molecule has 0 radical (unpaired) electrons. The highest BCUT2D eigenvalue weighted by Gasteiger charge is 2.30. The van der Waals surface area contributed by atoms with E-state index in [-0.39, 0.29) is 29.4 Å². The fourth-order valence-corrected chi connectivity index (χ4v) is 4.51. The van der Waals surface area contributed by atoms with E-state index >= 15 is 0 Å². The Balaban J connectivity index is 1.11. The highest BCUT2D eigenvalue weighted by atomic mass is 19.1. The second-order valence-electron chi connectivity index (χ2n) is 8.79. The molecule has 2 fully saturated rings. The number of aromatic nitrogens is 2. The van der Waals surface area contributed by atoms with E-state index in [2.05, 4.69) is 20.4 Å². The molecule has 2 atom stereocenters. The van der Waals surface area contributed by atoms with Crippen LogP contribution in [0.2, 0.25) is 0 Å². The Morgan fingerprint density at radius 1 is 0.971 bits per heavy atom. The van der Waals surface area contributed by atoms with E-state index in [1.54, 1.807) is 47.5 Å². The molecule has 35 heavy (non-hydrogen) atoms. The van der Waals surface area contributed by atoms with E-state index in [1.165, 1.54) is 12.1 Å². The van der Waals surface area contributed by atoms with Gasteiger partial charge in [-0.15, -0.1) is 5.10 Å². The molecule has 3 heterocycles. The minimum absolute atomic E-state index is 0.0249. The molecule has 3 aromatic rings. The molecular weight excluding hydrogens is 449 g/mol. The Morgan fingerprint density at radius 2 is 1.80 bits per heavy atom. The Labute approximate surface area is 202 Å². The fraction of sp³-hybridized carbons (Fsp3) is 0.308. The molecule has 9 heteroatoms. The lowest BCUT2D eigenvalue weighted by Gasteiger charge is -2.18. The smallest absolute Gasteiger partial charge is 0.256 e. The summed E-state index contributed by atoms with van der Waals surface area (Å²) in [5.41, 5.74) is 0.776. The van der Waals surface area contributed by atoms with E-state index in [1.807, 2.05) is 12.1 Å². The van der Waals surface area contributed by atoms with Gasteiger partial charge in [-0.05, 0) is 55.0 Å². The molecule has 2 aliphatic heterocycles. The van der Waals surface area contributed by atoms with Gasteiger partial charge in [0.15, 0.2) is 5.82 Å². The first kappa shape index (κ1) is 22.8. The van der Waals surface area contributed by atoms with Crippen LogP contribution in [0.3, 0.4) is 0 Å². The molecule has 0 aliphatic carbocycles. The van der Waals surface area contributed by atoms with Gasteiger partial charge in [0.2, 0.25) is 5.91 Å². The number of nitrogens with one attached hydrogen (secondary N) is 1. The van der Waals surface area contributed by atoms with Crippen molar-refractivity contribution in [2.24, 2.45) is 5.92 Å². The molecule has 1 N–H and O–H groups in total. The van der Waals surface area contributed by atoms with Crippen molar-refractivity contribution in [2.75, 3.05) is 36.4 Å². The molecule has 1 unspecified atom stereocenters. The van der Waals surface area contributed by atoms with Crippen LogP contribution in [0.5, 0.6) is 5.75 Å². The number of hydrogen-bond acceptors (Lipinski definition) is 6. The lowest BCUT2D eigenvalue weighted by molar-refractivity contribution is -0.119. The second-order valence-corrected chi connectivity index (χ2v) is 8.79. The van der Waals surface area contributed by atoms with Crippen LogP contribution in [-0.2, 0) is 4.79 Å². The van der Waals surface area contributed by atoms with Crippen molar-refractivity contribution in [3.63, 3.8) is 0 Å². The Hall–Kier alpha value is -4.01. The van der Waals surface area contributed by atoms with E-state index in [0.717, 1.165) is 18.8 Å². The first-order valence-electron chi connectivity index (χ1n) is 11.7. The number of anilines is 2. The molecule has 1 aromatic heterocycles. The van der Waals surface area contributed by atoms with Crippen LogP contribution in [0.4, 0.5) is 15.9 Å². The van der Waals surface area contributed by atoms with Crippen LogP contribution in [-0.4, -0.2) is 59.2 Å². The average Bonchev–Trinajstić information content (AvgIpc) is 3.56. The van der Waals surface area contributed by atoms with E-state index in [0.29, 0.717) is 37.5 Å². The summed E-state index contributed by atoms with van der Waals surface area (Å²) < 4.78 is 20.0. The quantitative estimate of drug-likeness (QED) is 0.588. The van der Waals surface area contributed by atoms with Crippen molar-refractivity contribution >= 4 is 23.3 Å². The summed E-state index contributed by atoms with van der Waals surface area (Å²) in [6.07, 6.45) is 2.89. The minimum Gasteiger partial charge on any atom is -0.489 e. The molecule has 0 bridgehead atoms. The third-order valence-electron chi connectivity index (χ3n) is 6.40.